The van der Waals surface area contributed by atoms with Gasteiger partial charge < -0.3 is 4.90 Å². The third-order valence-corrected chi connectivity index (χ3v) is 8.16. The molecule has 4 aromatic carbocycles. The molecule has 216 valence electrons. The first-order valence-electron chi connectivity index (χ1n) is 13.3. The van der Waals surface area contributed by atoms with Gasteiger partial charge in [0, 0.05) is 37.1 Å². The summed E-state index contributed by atoms with van der Waals surface area (Å²) in [4.78, 5) is 1.66. The van der Waals surface area contributed by atoms with Crippen LogP contribution in [0.15, 0.2) is 72.8 Å². The van der Waals surface area contributed by atoms with E-state index in [-0.39, 0.29) is 21.9 Å². The summed E-state index contributed by atoms with van der Waals surface area (Å²) in [5.74, 6) is -2.51. The highest BCUT2D eigenvalue weighted by molar-refractivity contribution is 7.19. The third-order valence-electron chi connectivity index (χ3n) is 8.16. The molecule has 4 aromatic rings. The van der Waals surface area contributed by atoms with Crippen LogP contribution in [0.25, 0.3) is 0 Å². The summed E-state index contributed by atoms with van der Waals surface area (Å²) in [6.45, 7) is 0. The van der Waals surface area contributed by atoms with Crippen LogP contribution in [0.2, 0.25) is 0 Å². The van der Waals surface area contributed by atoms with Gasteiger partial charge in [-0.2, -0.15) is 21.9 Å². The molecule has 0 spiro atoms. The largest absolute Gasteiger partial charge is 0.322 e. The van der Waals surface area contributed by atoms with Crippen LogP contribution in [0.5, 0.6) is 0 Å². The number of halogens is 8. The summed E-state index contributed by atoms with van der Waals surface area (Å²) < 4.78 is 114. The Morgan fingerprint density at radius 2 is 0.833 bits per heavy atom. The summed E-state index contributed by atoms with van der Waals surface area (Å²) in [6.07, 6.45) is 0.575. The van der Waals surface area contributed by atoms with Crippen molar-refractivity contribution in [2.45, 2.75) is 31.3 Å². The van der Waals surface area contributed by atoms with E-state index in [1.165, 1.54) is 12.8 Å². The van der Waals surface area contributed by atoms with Crippen LogP contribution in [-0.2, 0) is 0 Å². The van der Waals surface area contributed by atoms with Crippen molar-refractivity contribution < 1.29 is 40.0 Å². The van der Waals surface area contributed by atoms with Crippen molar-refractivity contribution in [3.63, 3.8) is 0 Å². The first-order valence-corrected chi connectivity index (χ1v) is 13.3. The van der Waals surface area contributed by atoms with Crippen molar-refractivity contribution in [1.29, 1.82) is 0 Å². The minimum Gasteiger partial charge on any atom is -0.322 e. The Balaban J connectivity index is 0.000000330. The van der Waals surface area contributed by atoms with Gasteiger partial charge in [0.2, 0.25) is 0 Å². The Hall–Kier alpha value is -4.10. The average molecular weight is 585 g/mol. The number of hydrogen-bond donors (Lipinski definition) is 1. The topological polar surface area (TPSA) is 4.44 Å². The predicted molar refractivity (Wildman–Crippen MR) is 146 cm³/mol. The number of hydrogen-bond acceptors (Lipinski definition) is 0. The van der Waals surface area contributed by atoms with E-state index in [0.29, 0.717) is 30.3 Å². The first-order chi connectivity index (χ1) is 19.9. The van der Waals surface area contributed by atoms with Gasteiger partial charge in [0.1, 0.15) is 58.7 Å². The second kappa shape index (κ2) is 11.6. The monoisotopic (exact) mass is 585 g/mol. The van der Waals surface area contributed by atoms with Crippen LogP contribution in [0.3, 0.4) is 0 Å². The Labute approximate surface area is 237 Å². The lowest BCUT2D eigenvalue weighted by atomic mass is 9.13. The SMILES string of the molecule is C[NH+]1[C@@H]2CC#C[C@H]1CC2.Fc1cc(F)cc([B-](c2cc(F)cc(F)c2)(c2cc(F)cc(F)c2)c2cc(F)cc(F)c2)c1. The van der Waals surface area contributed by atoms with E-state index in [4.69, 9.17) is 0 Å². The molecule has 2 aliphatic heterocycles. The zero-order valence-corrected chi connectivity index (χ0v) is 22.3. The van der Waals surface area contributed by atoms with Crippen molar-refractivity contribution in [1.82, 2.24) is 0 Å². The maximum absolute atomic E-state index is 14.3. The molecule has 1 N–H and O–H groups in total. The summed E-state index contributed by atoms with van der Waals surface area (Å²) in [6, 6.07) is 9.79. The van der Waals surface area contributed by atoms with Gasteiger partial charge in [-0.25, -0.2) is 35.1 Å². The molecule has 0 aromatic heterocycles. The summed E-state index contributed by atoms with van der Waals surface area (Å²) >= 11 is 0. The van der Waals surface area contributed by atoms with Crippen LogP contribution < -0.4 is 26.8 Å². The molecule has 1 nitrogen and oxygen atoms in total. The summed E-state index contributed by atoms with van der Waals surface area (Å²) in [7, 11) is 2.27. The molecule has 1 fully saturated rings. The number of quaternary nitrogens is 1. The van der Waals surface area contributed by atoms with E-state index < -0.39 is 52.7 Å². The average Bonchev–Trinajstić information content (AvgIpc) is 3.06. The number of benzene rings is 4. The van der Waals surface area contributed by atoms with Crippen LogP contribution in [-0.4, -0.2) is 25.3 Å². The Kier molecular flexibility index (Phi) is 8.15. The van der Waals surface area contributed by atoms with Gasteiger partial charge in [0.25, 0.3) is 0 Å². The van der Waals surface area contributed by atoms with Crippen LogP contribution in [0, 0.1) is 58.4 Å². The lowest BCUT2D eigenvalue weighted by Crippen LogP contribution is -3.14. The molecule has 42 heavy (non-hydrogen) atoms. The minimum atomic E-state index is -3.29. The third kappa shape index (κ3) is 5.79. The molecular weight excluding hydrogens is 561 g/mol. The minimum absolute atomic E-state index is 0.354. The molecule has 0 radical (unpaired) electrons. The Bertz CT molecular complexity index is 1420. The molecule has 2 heterocycles. The van der Waals surface area contributed by atoms with E-state index in [0.717, 1.165) is 61.0 Å². The zero-order chi connectivity index (χ0) is 30.2. The van der Waals surface area contributed by atoms with Gasteiger partial charge in [0.15, 0.2) is 0 Å². The van der Waals surface area contributed by atoms with Gasteiger partial charge in [0.05, 0.1) is 19.5 Å². The van der Waals surface area contributed by atoms with E-state index in [1.54, 1.807) is 4.90 Å². The van der Waals surface area contributed by atoms with Gasteiger partial charge in [-0.15, -0.1) is 0 Å². The lowest BCUT2D eigenvalue weighted by molar-refractivity contribution is -0.909. The van der Waals surface area contributed by atoms with Gasteiger partial charge in [-0.3, -0.25) is 0 Å². The fourth-order valence-corrected chi connectivity index (χ4v) is 6.32. The van der Waals surface area contributed by atoms with Crippen molar-refractivity contribution in [3.05, 3.63) is 119 Å². The van der Waals surface area contributed by atoms with Crippen molar-refractivity contribution in [2.24, 2.45) is 0 Å². The summed E-state index contributed by atoms with van der Waals surface area (Å²) in [5.41, 5.74) is -1.42. The molecule has 0 amide bonds. The highest BCUT2D eigenvalue weighted by atomic mass is 19.2. The molecule has 0 aliphatic carbocycles. The maximum atomic E-state index is 14.3. The van der Waals surface area contributed by atoms with E-state index in [9.17, 15) is 35.1 Å². The van der Waals surface area contributed by atoms with Crippen LogP contribution in [0.1, 0.15) is 19.3 Å². The predicted octanol–water partition coefficient (Wildman–Crippen LogP) is 3.62. The first kappa shape index (κ1) is 29.4. The maximum Gasteiger partial charge on any atom is 0.149 e. The molecule has 1 saturated heterocycles. The van der Waals surface area contributed by atoms with E-state index in [2.05, 4.69) is 18.9 Å². The molecule has 3 atom stereocenters. The number of nitrogens with one attached hydrogen (secondary N) is 1. The fraction of sp³-hybridized carbons (Fsp3) is 0.188. The molecule has 2 bridgehead atoms. The molecule has 2 aliphatic rings. The standard InChI is InChI=1S/C24H12BF8.C8H11N/c26-17-1-13(2-18(27)9-17)25(14-3-19(28)10-20(29)4-14,15-5-21(30)11-22(31)6-15)16-7-23(32)12-24(33)8-16;1-9-7-3-2-4-8(9)6-5-7/h1-12H;7-8H,3,5-6H2,1H3/q-1;/p+1/t;7-,8+/m.1/s1. The van der Waals surface area contributed by atoms with Crippen molar-refractivity contribution >= 4 is 28.0 Å². The number of fused-ring (bicyclic) bond motifs is 2. The normalized spacial score (nSPS) is 19.0. The quantitative estimate of drug-likeness (QED) is 0.212. The molecular formula is C32H24BF8N. The fourth-order valence-electron chi connectivity index (χ4n) is 6.32. The molecule has 1 unspecified atom stereocenters. The van der Waals surface area contributed by atoms with Crippen LogP contribution in [0.4, 0.5) is 35.1 Å². The second-order valence-electron chi connectivity index (χ2n) is 10.8. The van der Waals surface area contributed by atoms with E-state index in [1.807, 2.05) is 0 Å². The van der Waals surface area contributed by atoms with Gasteiger partial charge in [-0.05, 0) is 5.92 Å². The number of rotatable bonds is 4. The van der Waals surface area contributed by atoms with Crippen molar-refractivity contribution in [3.8, 4) is 11.8 Å². The Morgan fingerprint density at radius 1 is 0.524 bits per heavy atom. The highest BCUT2D eigenvalue weighted by Crippen LogP contribution is 2.17. The molecule has 0 saturated carbocycles. The van der Waals surface area contributed by atoms with Gasteiger partial charge in [-0.1, -0.05) is 54.5 Å². The second-order valence-corrected chi connectivity index (χ2v) is 10.8. The van der Waals surface area contributed by atoms with E-state index >= 15 is 0 Å². The molecule has 10 heteroatoms. The molecule has 6 rings (SSSR count). The highest BCUT2D eigenvalue weighted by Gasteiger charge is 2.36. The zero-order valence-electron chi connectivity index (χ0n) is 22.3. The van der Waals surface area contributed by atoms with Crippen molar-refractivity contribution in [2.75, 3.05) is 7.05 Å². The van der Waals surface area contributed by atoms with Gasteiger partial charge >= 0.3 is 0 Å². The smallest absolute Gasteiger partial charge is 0.149 e. The Morgan fingerprint density at radius 3 is 1.10 bits per heavy atom. The van der Waals surface area contributed by atoms with Crippen LogP contribution >= 0.6 is 0 Å². The lowest BCUT2D eigenvalue weighted by Gasteiger charge is -2.44. The summed E-state index contributed by atoms with van der Waals surface area (Å²) in [5, 5.41) is 0.